The third kappa shape index (κ3) is 3.63. The second-order valence-corrected chi connectivity index (χ2v) is 6.56. The Morgan fingerprint density at radius 3 is 2.87 bits per heavy atom. The van der Waals surface area contributed by atoms with Crippen molar-refractivity contribution in [3.05, 3.63) is 53.3 Å². The Labute approximate surface area is 138 Å². The van der Waals surface area contributed by atoms with E-state index in [1.165, 1.54) is 17.5 Å². The molecule has 0 unspecified atom stereocenters. The van der Waals surface area contributed by atoms with Gasteiger partial charge in [-0.05, 0) is 55.7 Å². The van der Waals surface area contributed by atoms with Crippen LogP contribution in [0.15, 0.2) is 36.5 Å². The van der Waals surface area contributed by atoms with Gasteiger partial charge in [0.05, 0.1) is 0 Å². The van der Waals surface area contributed by atoms with Crippen molar-refractivity contribution in [2.45, 2.75) is 32.6 Å². The molecule has 2 heterocycles. The van der Waals surface area contributed by atoms with Gasteiger partial charge in [0, 0.05) is 26.3 Å². The number of piperidine rings is 1. The van der Waals surface area contributed by atoms with E-state index in [1.54, 1.807) is 16.9 Å². The zero-order chi connectivity index (χ0) is 16.2. The number of hydrogen-bond acceptors (Lipinski definition) is 2. The second kappa shape index (κ2) is 6.99. The summed E-state index contributed by atoms with van der Waals surface area (Å²) in [6.07, 6.45) is 6.26. The van der Waals surface area contributed by atoms with Crippen molar-refractivity contribution in [3.8, 4) is 0 Å². The Hall–Kier alpha value is -2.10. The molecule has 0 saturated carbocycles. The smallest absolute Gasteiger partial charge is 0.272 e. The zero-order valence-corrected chi connectivity index (χ0v) is 14.0. The molecule has 1 amide bonds. The molecule has 0 N–H and O–H groups in total. The van der Waals surface area contributed by atoms with Gasteiger partial charge in [0.2, 0.25) is 0 Å². The Morgan fingerprint density at radius 1 is 1.30 bits per heavy atom. The van der Waals surface area contributed by atoms with Crippen molar-refractivity contribution in [3.63, 3.8) is 0 Å². The molecule has 122 valence electrons. The number of nitrogens with zero attached hydrogens (tertiary/aromatic N) is 3. The Bertz CT molecular complexity index is 677. The van der Waals surface area contributed by atoms with Gasteiger partial charge >= 0.3 is 0 Å². The molecule has 1 aromatic heterocycles. The van der Waals surface area contributed by atoms with E-state index < -0.39 is 0 Å². The maximum atomic E-state index is 12.6. The molecule has 0 bridgehead atoms. The number of aromatic nitrogens is 2. The summed E-state index contributed by atoms with van der Waals surface area (Å²) in [5.74, 6) is 0.714. The van der Waals surface area contributed by atoms with Gasteiger partial charge in [0.15, 0.2) is 0 Å². The van der Waals surface area contributed by atoms with Crippen molar-refractivity contribution in [1.82, 2.24) is 14.7 Å². The average Bonchev–Trinajstić information content (AvgIpc) is 3.00. The quantitative estimate of drug-likeness (QED) is 0.869. The molecule has 0 aliphatic carbocycles. The van der Waals surface area contributed by atoms with Crippen molar-refractivity contribution >= 4 is 5.91 Å². The molecular formula is C19H25N3O. The largest absolute Gasteiger partial charge is 0.337 e. The minimum absolute atomic E-state index is 0.116. The van der Waals surface area contributed by atoms with Crippen LogP contribution >= 0.6 is 0 Å². The van der Waals surface area contributed by atoms with E-state index in [1.807, 2.05) is 11.9 Å². The fourth-order valence-corrected chi connectivity index (χ4v) is 3.48. The summed E-state index contributed by atoms with van der Waals surface area (Å²) in [7, 11) is 1.83. The summed E-state index contributed by atoms with van der Waals surface area (Å²) < 4.78 is 1.67. The minimum atomic E-state index is 0.116. The van der Waals surface area contributed by atoms with Crippen LogP contribution < -0.4 is 0 Å². The first kappa shape index (κ1) is 15.8. The Kier molecular flexibility index (Phi) is 4.79. The zero-order valence-electron chi connectivity index (χ0n) is 14.0. The SMILES string of the molecule is Cc1ccccc1CC[C@@H]1CCCN(C(=O)c2ccnn2C)C1. The van der Waals surface area contributed by atoms with Crippen LogP contribution in [0.5, 0.6) is 0 Å². The lowest BCUT2D eigenvalue weighted by Gasteiger charge is -2.33. The number of carbonyl (C=O) groups is 1. The highest BCUT2D eigenvalue weighted by Gasteiger charge is 2.25. The molecule has 2 aromatic rings. The van der Waals surface area contributed by atoms with E-state index >= 15 is 0 Å². The number of amides is 1. The Balaban J connectivity index is 1.59. The fourth-order valence-electron chi connectivity index (χ4n) is 3.48. The van der Waals surface area contributed by atoms with Gasteiger partial charge in [-0.25, -0.2) is 0 Å². The standard InChI is InChI=1S/C19H25N3O/c1-15-6-3-4-8-17(15)10-9-16-7-5-13-22(14-16)19(23)18-11-12-20-21(18)2/h3-4,6,8,11-12,16H,5,7,9-10,13-14H2,1-2H3/t16-/m0/s1. The van der Waals surface area contributed by atoms with Gasteiger partial charge in [0.1, 0.15) is 5.69 Å². The molecule has 23 heavy (non-hydrogen) atoms. The molecule has 1 fully saturated rings. The lowest BCUT2D eigenvalue weighted by molar-refractivity contribution is 0.0657. The van der Waals surface area contributed by atoms with E-state index in [9.17, 15) is 4.79 Å². The van der Waals surface area contributed by atoms with Gasteiger partial charge in [-0.3, -0.25) is 9.48 Å². The van der Waals surface area contributed by atoms with E-state index in [4.69, 9.17) is 0 Å². The minimum Gasteiger partial charge on any atom is -0.337 e. The summed E-state index contributed by atoms with van der Waals surface area (Å²) in [5, 5.41) is 4.11. The summed E-state index contributed by atoms with van der Waals surface area (Å²) in [5.41, 5.74) is 3.48. The van der Waals surface area contributed by atoms with Crippen LogP contribution in [-0.4, -0.2) is 33.7 Å². The first-order valence-corrected chi connectivity index (χ1v) is 8.47. The summed E-state index contributed by atoms with van der Waals surface area (Å²) in [6.45, 7) is 3.91. The first-order chi connectivity index (χ1) is 11.1. The maximum absolute atomic E-state index is 12.6. The second-order valence-electron chi connectivity index (χ2n) is 6.56. The molecular weight excluding hydrogens is 286 g/mol. The van der Waals surface area contributed by atoms with E-state index in [0.717, 1.165) is 32.4 Å². The summed E-state index contributed by atoms with van der Waals surface area (Å²) in [4.78, 5) is 14.6. The maximum Gasteiger partial charge on any atom is 0.272 e. The number of likely N-dealkylation sites (tertiary alicyclic amines) is 1. The van der Waals surface area contributed by atoms with Crippen LogP contribution in [0.4, 0.5) is 0 Å². The van der Waals surface area contributed by atoms with Gasteiger partial charge in [-0.1, -0.05) is 24.3 Å². The van der Waals surface area contributed by atoms with Crippen LogP contribution in [0.1, 0.15) is 40.9 Å². The lowest BCUT2D eigenvalue weighted by Crippen LogP contribution is -2.40. The van der Waals surface area contributed by atoms with Crippen LogP contribution in [0.25, 0.3) is 0 Å². The van der Waals surface area contributed by atoms with Gasteiger partial charge in [-0.2, -0.15) is 5.10 Å². The molecule has 4 heteroatoms. The topological polar surface area (TPSA) is 38.1 Å². The molecule has 1 saturated heterocycles. The van der Waals surface area contributed by atoms with Crippen molar-refractivity contribution < 1.29 is 4.79 Å². The number of aryl methyl sites for hydroxylation is 3. The Morgan fingerprint density at radius 2 is 2.13 bits per heavy atom. The molecule has 1 atom stereocenters. The van der Waals surface area contributed by atoms with E-state index in [0.29, 0.717) is 11.6 Å². The highest BCUT2D eigenvalue weighted by atomic mass is 16.2. The number of rotatable bonds is 4. The van der Waals surface area contributed by atoms with Crippen LogP contribution in [0.3, 0.4) is 0 Å². The molecule has 4 nitrogen and oxygen atoms in total. The fraction of sp³-hybridized carbons (Fsp3) is 0.474. The lowest BCUT2D eigenvalue weighted by atomic mass is 9.90. The summed E-state index contributed by atoms with van der Waals surface area (Å²) >= 11 is 0. The van der Waals surface area contributed by atoms with Crippen LogP contribution in [-0.2, 0) is 13.5 Å². The average molecular weight is 311 g/mol. The van der Waals surface area contributed by atoms with Gasteiger partial charge in [0.25, 0.3) is 5.91 Å². The van der Waals surface area contributed by atoms with E-state index in [-0.39, 0.29) is 5.91 Å². The number of carbonyl (C=O) groups excluding carboxylic acids is 1. The van der Waals surface area contributed by atoms with Gasteiger partial charge in [-0.15, -0.1) is 0 Å². The highest BCUT2D eigenvalue weighted by Crippen LogP contribution is 2.23. The highest BCUT2D eigenvalue weighted by molar-refractivity contribution is 5.92. The van der Waals surface area contributed by atoms with Crippen LogP contribution in [0, 0.1) is 12.8 Å². The third-order valence-corrected chi connectivity index (χ3v) is 4.93. The number of hydrogen-bond donors (Lipinski definition) is 0. The predicted octanol–water partition coefficient (Wildman–Crippen LogP) is 3.21. The van der Waals surface area contributed by atoms with Crippen LogP contribution in [0.2, 0.25) is 0 Å². The molecule has 0 spiro atoms. The number of benzene rings is 1. The molecule has 1 aliphatic heterocycles. The molecule has 1 aromatic carbocycles. The third-order valence-electron chi connectivity index (χ3n) is 4.93. The van der Waals surface area contributed by atoms with Crippen molar-refractivity contribution in [1.29, 1.82) is 0 Å². The first-order valence-electron chi connectivity index (χ1n) is 8.47. The molecule has 1 aliphatic rings. The van der Waals surface area contributed by atoms with Crippen molar-refractivity contribution in [2.24, 2.45) is 13.0 Å². The molecule has 0 radical (unpaired) electrons. The summed E-state index contributed by atoms with van der Waals surface area (Å²) in [6, 6.07) is 10.4. The normalized spacial score (nSPS) is 18.2. The van der Waals surface area contributed by atoms with Crippen molar-refractivity contribution in [2.75, 3.05) is 13.1 Å². The predicted molar refractivity (Wildman–Crippen MR) is 91.3 cm³/mol. The van der Waals surface area contributed by atoms with Gasteiger partial charge < -0.3 is 4.90 Å². The van der Waals surface area contributed by atoms with E-state index in [2.05, 4.69) is 36.3 Å². The molecule has 3 rings (SSSR count). The monoisotopic (exact) mass is 311 g/mol.